The molecule has 0 aromatic heterocycles. The van der Waals surface area contributed by atoms with Gasteiger partial charge in [-0.15, -0.1) is 6.58 Å². The van der Waals surface area contributed by atoms with Gasteiger partial charge in [0.05, 0.1) is 0 Å². The van der Waals surface area contributed by atoms with Gasteiger partial charge in [0.2, 0.25) is 0 Å². The van der Waals surface area contributed by atoms with E-state index in [9.17, 15) is 0 Å². The first-order valence-corrected chi connectivity index (χ1v) is 9.99. The van der Waals surface area contributed by atoms with Crippen LogP contribution in [0.4, 0.5) is 0 Å². The number of allylic oxidation sites excluding steroid dienone is 4. The van der Waals surface area contributed by atoms with Gasteiger partial charge in [-0.2, -0.15) is 0 Å². The Kier molecular flexibility index (Phi) is 10.5. The molecule has 0 heterocycles. The maximum absolute atomic E-state index is 5.90. The number of benzene rings is 2. The monoisotopic (exact) mass is 389 g/mol. The summed E-state index contributed by atoms with van der Waals surface area (Å²) in [5, 5.41) is 0. The van der Waals surface area contributed by atoms with Crippen molar-refractivity contribution in [2.45, 2.75) is 54.6 Å². The molecule has 0 radical (unpaired) electrons. The number of hydrogen-bond acceptors (Lipinski definition) is 2. The molecule has 0 aliphatic rings. The first kappa shape index (κ1) is 24.2. The third kappa shape index (κ3) is 8.78. The van der Waals surface area contributed by atoms with Crippen molar-refractivity contribution in [1.29, 1.82) is 0 Å². The van der Waals surface area contributed by atoms with Gasteiger partial charge in [-0.25, -0.2) is 0 Å². The normalized spacial score (nSPS) is 11.4. The fourth-order valence-corrected chi connectivity index (χ4v) is 2.68. The molecule has 154 valence electrons. The lowest BCUT2D eigenvalue weighted by Crippen LogP contribution is -1.98. The molecule has 0 aliphatic heterocycles. The quantitative estimate of drug-likeness (QED) is 0.349. The summed E-state index contributed by atoms with van der Waals surface area (Å²) in [5.41, 5.74) is 8.26. The molecule has 0 unspecified atom stereocenters. The molecule has 0 atom stereocenters. The van der Waals surface area contributed by atoms with Gasteiger partial charge in [-0.3, -0.25) is 4.99 Å². The molecule has 2 nitrogen and oxygen atoms in total. The zero-order chi connectivity index (χ0) is 21.8. The third-order valence-corrected chi connectivity index (χ3v) is 4.59. The van der Waals surface area contributed by atoms with Gasteiger partial charge in [-0.05, 0) is 87.9 Å². The smallest absolute Gasteiger partial charge is 0.120 e. The average molecular weight is 390 g/mol. The molecule has 2 rings (SSSR count). The van der Waals surface area contributed by atoms with Crippen molar-refractivity contribution in [2.24, 2.45) is 4.99 Å². The first-order valence-electron chi connectivity index (χ1n) is 9.99. The van der Waals surface area contributed by atoms with Crippen molar-refractivity contribution in [2.75, 3.05) is 0 Å². The van der Waals surface area contributed by atoms with Crippen LogP contribution < -0.4 is 4.74 Å². The molecule has 0 fully saturated rings. The molecule has 2 aromatic rings. The van der Waals surface area contributed by atoms with Crippen molar-refractivity contribution in [3.8, 4) is 5.75 Å². The van der Waals surface area contributed by atoms with Gasteiger partial charge in [-0.1, -0.05) is 48.6 Å². The summed E-state index contributed by atoms with van der Waals surface area (Å²) in [5.74, 6) is 0.904. The van der Waals surface area contributed by atoms with Crippen LogP contribution in [-0.4, -0.2) is 6.21 Å². The Bertz CT molecular complexity index is 887. The van der Waals surface area contributed by atoms with Crippen molar-refractivity contribution in [3.05, 3.63) is 95.2 Å². The highest BCUT2D eigenvalue weighted by Crippen LogP contribution is 2.22. The van der Waals surface area contributed by atoms with E-state index in [2.05, 4.69) is 63.2 Å². The second kappa shape index (κ2) is 12.6. The Morgan fingerprint density at radius 3 is 2.34 bits per heavy atom. The molecular formula is C27H35NO. The second-order valence-corrected chi connectivity index (χ2v) is 7.28. The molecule has 0 amide bonds. The van der Waals surface area contributed by atoms with Crippen molar-refractivity contribution < 1.29 is 4.74 Å². The zero-order valence-electron chi connectivity index (χ0n) is 18.9. The lowest BCUT2D eigenvalue weighted by Gasteiger charge is -2.11. The highest BCUT2D eigenvalue weighted by atomic mass is 16.5. The van der Waals surface area contributed by atoms with E-state index in [1.165, 1.54) is 22.3 Å². The minimum Gasteiger partial charge on any atom is -0.489 e. The number of hydrogen-bond donors (Lipinski definition) is 0. The van der Waals surface area contributed by atoms with Crippen LogP contribution in [0, 0.1) is 13.8 Å². The van der Waals surface area contributed by atoms with E-state index < -0.39 is 0 Å². The van der Waals surface area contributed by atoms with Crippen LogP contribution in [0.1, 0.15) is 56.4 Å². The van der Waals surface area contributed by atoms with Crippen LogP contribution in [0.2, 0.25) is 0 Å². The van der Waals surface area contributed by atoms with E-state index in [4.69, 9.17) is 4.74 Å². The lowest BCUT2D eigenvalue weighted by atomic mass is 10.1. The van der Waals surface area contributed by atoms with E-state index >= 15 is 0 Å². The highest BCUT2D eigenvalue weighted by molar-refractivity contribution is 5.63. The topological polar surface area (TPSA) is 21.6 Å². The second-order valence-electron chi connectivity index (χ2n) is 7.28. The van der Waals surface area contributed by atoms with Gasteiger partial charge >= 0.3 is 0 Å². The Hall–Kier alpha value is -2.87. The van der Waals surface area contributed by atoms with Crippen molar-refractivity contribution >= 4 is 11.8 Å². The van der Waals surface area contributed by atoms with E-state index in [-0.39, 0.29) is 0 Å². The van der Waals surface area contributed by atoms with E-state index in [1.54, 1.807) is 0 Å². The highest BCUT2D eigenvalue weighted by Gasteiger charge is 2.02. The Balaban J connectivity index is 0.000000359. The van der Waals surface area contributed by atoms with Crippen LogP contribution in [0.5, 0.6) is 5.75 Å². The van der Waals surface area contributed by atoms with Crippen LogP contribution >= 0.6 is 0 Å². The Morgan fingerprint density at radius 1 is 1.07 bits per heavy atom. The first-order chi connectivity index (χ1) is 13.8. The molecule has 0 saturated heterocycles. The molecule has 0 N–H and O–H groups in total. The molecule has 0 spiro atoms. The Morgan fingerprint density at radius 2 is 1.76 bits per heavy atom. The summed E-state index contributed by atoms with van der Waals surface area (Å²) in [6.45, 7) is 20.4. The third-order valence-electron chi connectivity index (χ3n) is 4.59. The van der Waals surface area contributed by atoms with Crippen molar-refractivity contribution in [3.63, 3.8) is 0 Å². The zero-order valence-corrected chi connectivity index (χ0v) is 18.9. The molecule has 29 heavy (non-hydrogen) atoms. The van der Waals surface area contributed by atoms with Gasteiger partial charge in [0, 0.05) is 11.9 Å². The standard InChI is InChI=1S/C18H20O.C9H15N/c1-13(2)17-9-14(3)10-18(11-17)19-12-16-8-6-5-7-15(16)4;1-5-7-8(3)9(4)10-6-2/h5-11H,1,12H2,2-4H3;5-6H,1,7H2,2-4H3/b;9-8+,10-6?. The number of aryl methyl sites for hydroxylation is 2. The van der Waals surface area contributed by atoms with Gasteiger partial charge < -0.3 is 4.74 Å². The number of aliphatic imine (C=N–C) groups is 1. The van der Waals surface area contributed by atoms with Crippen LogP contribution in [0.3, 0.4) is 0 Å². The maximum atomic E-state index is 5.90. The van der Waals surface area contributed by atoms with Gasteiger partial charge in [0.15, 0.2) is 0 Å². The van der Waals surface area contributed by atoms with Crippen LogP contribution in [0.15, 0.2) is 78.0 Å². The molecular weight excluding hydrogens is 354 g/mol. The molecule has 2 heteroatoms. The number of rotatable bonds is 7. The summed E-state index contributed by atoms with van der Waals surface area (Å²) in [6, 6.07) is 14.5. The summed E-state index contributed by atoms with van der Waals surface area (Å²) < 4.78 is 5.90. The minimum atomic E-state index is 0.603. The fourth-order valence-electron chi connectivity index (χ4n) is 2.68. The van der Waals surface area contributed by atoms with E-state index in [1.807, 2.05) is 51.3 Å². The maximum Gasteiger partial charge on any atom is 0.120 e. The predicted molar refractivity (Wildman–Crippen MR) is 129 cm³/mol. The summed E-state index contributed by atoms with van der Waals surface area (Å²) in [7, 11) is 0. The predicted octanol–water partition coefficient (Wildman–Crippen LogP) is 7.86. The molecule has 0 bridgehead atoms. The summed E-state index contributed by atoms with van der Waals surface area (Å²) >= 11 is 0. The summed E-state index contributed by atoms with van der Waals surface area (Å²) in [6.07, 6.45) is 4.63. The Labute approximate surface area is 177 Å². The van der Waals surface area contributed by atoms with Crippen LogP contribution in [0.25, 0.3) is 5.57 Å². The number of nitrogens with zero attached hydrogens (tertiary/aromatic N) is 1. The molecule has 0 saturated carbocycles. The number of ether oxygens (including phenoxy) is 1. The van der Waals surface area contributed by atoms with E-state index in [0.717, 1.165) is 29.0 Å². The van der Waals surface area contributed by atoms with Gasteiger partial charge in [0.25, 0.3) is 0 Å². The fraction of sp³-hybridized carbons (Fsp3) is 0.296. The van der Waals surface area contributed by atoms with E-state index in [0.29, 0.717) is 6.61 Å². The largest absolute Gasteiger partial charge is 0.489 e. The minimum absolute atomic E-state index is 0.603. The molecule has 2 aromatic carbocycles. The summed E-state index contributed by atoms with van der Waals surface area (Å²) in [4.78, 5) is 4.15. The SMILES string of the molecule is C=C(C)c1cc(C)cc(OCc2ccccc2C)c1.C=CC/C(C)=C(\C)N=CC. The van der Waals surface area contributed by atoms with Crippen LogP contribution in [-0.2, 0) is 6.61 Å². The van der Waals surface area contributed by atoms with Gasteiger partial charge in [0.1, 0.15) is 12.4 Å². The molecule has 0 aliphatic carbocycles. The lowest BCUT2D eigenvalue weighted by molar-refractivity contribution is 0.305. The van der Waals surface area contributed by atoms with Crippen molar-refractivity contribution in [1.82, 2.24) is 0 Å². The average Bonchev–Trinajstić information content (AvgIpc) is 2.68.